The van der Waals surface area contributed by atoms with Gasteiger partial charge in [0.25, 0.3) is 0 Å². The molecule has 5 nitrogen and oxygen atoms in total. The van der Waals surface area contributed by atoms with Gasteiger partial charge < -0.3 is 5.11 Å². The second-order valence-corrected chi connectivity index (χ2v) is 4.10. The molecule has 5 heteroatoms. The lowest BCUT2D eigenvalue weighted by Crippen LogP contribution is -2.51. The van der Waals surface area contributed by atoms with E-state index in [2.05, 4.69) is 10.3 Å². The van der Waals surface area contributed by atoms with E-state index in [-0.39, 0.29) is 6.03 Å². The Morgan fingerprint density at radius 3 is 2.59 bits per heavy atom. The molecule has 2 amide bonds. The molecule has 0 aromatic heterocycles. The third-order valence-electron chi connectivity index (χ3n) is 2.61. The number of amides is 2. The number of aliphatic imine (C=N–C) groups is 1. The van der Waals surface area contributed by atoms with Gasteiger partial charge in [-0.05, 0) is 19.4 Å². The van der Waals surface area contributed by atoms with E-state index >= 15 is 0 Å². The summed E-state index contributed by atoms with van der Waals surface area (Å²) in [6.45, 7) is 3.98. The Labute approximate surface area is 99.8 Å². The highest BCUT2D eigenvalue weighted by Crippen LogP contribution is 2.12. The molecular formula is C12H15N3O2. The monoisotopic (exact) mass is 233 g/mol. The first kappa shape index (κ1) is 11.6. The third kappa shape index (κ3) is 2.62. The third-order valence-corrected chi connectivity index (χ3v) is 2.61. The van der Waals surface area contributed by atoms with Crippen molar-refractivity contribution in [1.29, 1.82) is 0 Å². The zero-order valence-corrected chi connectivity index (χ0v) is 9.84. The normalized spacial score (nSPS) is 19.9. The quantitative estimate of drug-likeness (QED) is 0.806. The fraction of sp³-hybridized carbons (Fsp3) is 0.333. The highest BCUT2D eigenvalue weighted by Gasteiger charge is 2.25. The van der Waals surface area contributed by atoms with E-state index in [4.69, 9.17) is 0 Å². The molecule has 0 saturated carbocycles. The lowest BCUT2D eigenvalue weighted by atomic mass is 10.1. The molecule has 1 unspecified atom stereocenters. The molecule has 0 saturated heterocycles. The maximum atomic E-state index is 11.7. The smallest absolute Gasteiger partial charge is 0.326 e. The Hall–Kier alpha value is -1.88. The molecule has 1 aromatic carbocycles. The predicted molar refractivity (Wildman–Crippen MR) is 64.4 cm³/mol. The first-order valence-corrected chi connectivity index (χ1v) is 5.42. The SMILES string of the molecule is CC1=NC(O)N(Cc2ccc(C)cc2)C(=O)N1. The van der Waals surface area contributed by atoms with Gasteiger partial charge >= 0.3 is 6.03 Å². The molecule has 1 heterocycles. The standard InChI is InChI=1S/C12H15N3O2/c1-8-3-5-10(6-4-8)7-15-11(16)13-9(2)14-12(15)17/h3-6,11,16H,7H2,1-2H3,(H,13,14,17). The number of nitrogens with one attached hydrogen (secondary N) is 1. The van der Waals surface area contributed by atoms with Crippen LogP contribution in [0.5, 0.6) is 0 Å². The molecule has 2 N–H and O–H groups in total. The molecule has 1 aliphatic rings. The summed E-state index contributed by atoms with van der Waals surface area (Å²) in [4.78, 5) is 16.8. The lowest BCUT2D eigenvalue weighted by Gasteiger charge is -2.29. The first-order chi connectivity index (χ1) is 8.06. The number of carbonyl (C=O) groups excluding carboxylic acids is 1. The summed E-state index contributed by atoms with van der Waals surface area (Å²) in [6.07, 6.45) is -1.11. The Bertz CT molecular complexity index is 453. The minimum absolute atomic E-state index is 0.328. The Morgan fingerprint density at radius 1 is 1.35 bits per heavy atom. The van der Waals surface area contributed by atoms with Gasteiger partial charge in [0.05, 0.1) is 6.54 Å². The maximum Gasteiger partial charge on any atom is 0.326 e. The average Bonchev–Trinajstić information content (AvgIpc) is 2.26. The van der Waals surface area contributed by atoms with E-state index in [0.717, 1.165) is 11.1 Å². The van der Waals surface area contributed by atoms with Crippen LogP contribution in [0.15, 0.2) is 29.3 Å². The van der Waals surface area contributed by atoms with Gasteiger partial charge in [-0.2, -0.15) is 0 Å². The molecular weight excluding hydrogens is 218 g/mol. The van der Waals surface area contributed by atoms with Gasteiger partial charge in [0.15, 0.2) is 0 Å². The number of rotatable bonds is 2. The van der Waals surface area contributed by atoms with Crippen molar-refractivity contribution in [2.24, 2.45) is 4.99 Å². The van der Waals surface area contributed by atoms with Gasteiger partial charge in [-0.3, -0.25) is 10.2 Å². The van der Waals surface area contributed by atoms with Crippen LogP contribution in [0.4, 0.5) is 4.79 Å². The minimum Gasteiger partial charge on any atom is -0.355 e. The van der Waals surface area contributed by atoms with Crippen LogP contribution in [0, 0.1) is 6.92 Å². The van der Waals surface area contributed by atoms with Crippen molar-refractivity contribution >= 4 is 11.9 Å². The van der Waals surface area contributed by atoms with Crippen LogP contribution in [0.1, 0.15) is 18.1 Å². The minimum atomic E-state index is -1.11. The van der Waals surface area contributed by atoms with Crippen LogP contribution in [-0.2, 0) is 6.54 Å². The number of urea groups is 1. The van der Waals surface area contributed by atoms with Crippen molar-refractivity contribution in [3.05, 3.63) is 35.4 Å². The summed E-state index contributed by atoms with van der Waals surface area (Å²) in [5.41, 5.74) is 2.12. The van der Waals surface area contributed by atoms with Crippen molar-refractivity contribution < 1.29 is 9.90 Å². The lowest BCUT2D eigenvalue weighted by molar-refractivity contribution is 0.0295. The Balaban J connectivity index is 2.13. The summed E-state index contributed by atoms with van der Waals surface area (Å²) < 4.78 is 0. The molecule has 0 aliphatic carbocycles. The Morgan fingerprint density at radius 2 is 2.00 bits per heavy atom. The fourth-order valence-electron chi connectivity index (χ4n) is 1.65. The molecule has 2 rings (SSSR count). The Kier molecular flexibility index (Phi) is 3.10. The van der Waals surface area contributed by atoms with Gasteiger partial charge in [-0.1, -0.05) is 29.8 Å². The summed E-state index contributed by atoms with van der Waals surface area (Å²) in [5.74, 6) is 0.433. The van der Waals surface area contributed by atoms with Crippen molar-refractivity contribution in [1.82, 2.24) is 10.2 Å². The van der Waals surface area contributed by atoms with Crippen molar-refractivity contribution in [2.45, 2.75) is 26.7 Å². The number of carbonyl (C=O) groups is 1. The second-order valence-electron chi connectivity index (χ2n) is 4.10. The molecule has 90 valence electrons. The van der Waals surface area contributed by atoms with E-state index < -0.39 is 6.35 Å². The van der Waals surface area contributed by atoms with Gasteiger partial charge in [-0.25, -0.2) is 9.79 Å². The number of hydrogen-bond acceptors (Lipinski definition) is 3. The van der Waals surface area contributed by atoms with Crippen LogP contribution in [0.3, 0.4) is 0 Å². The molecule has 1 aliphatic heterocycles. The fourth-order valence-corrected chi connectivity index (χ4v) is 1.65. The molecule has 0 spiro atoms. The topological polar surface area (TPSA) is 64.9 Å². The highest BCUT2D eigenvalue weighted by atomic mass is 16.3. The maximum absolute atomic E-state index is 11.7. The summed E-state index contributed by atoms with van der Waals surface area (Å²) >= 11 is 0. The zero-order chi connectivity index (χ0) is 12.4. The number of nitrogens with zero attached hydrogens (tertiary/aromatic N) is 2. The van der Waals surface area contributed by atoms with Crippen molar-refractivity contribution in [3.8, 4) is 0 Å². The largest absolute Gasteiger partial charge is 0.355 e. The number of amidine groups is 1. The molecule has 0 fully saturated rings. The van der Waals surface area contributed by atoms with E-state index in [9.17, 15) is 9.90 Å². The van der Waals surface area contributed by atoms with Crippen LogP contribution in [-0.4, -0.2) is 28.2 Å². The van der Waals surface area contributed by atoms with E-state index in [1.165, 1.54) is 4.90 Å². The number of aryl methyl sites for hydroxylation is 1. The zero-order valence-electron chi connectivity index (χ0n) is 9.84. The van der Waals surface area contributed by atoms with E-state index in [1.54, 1.807) is 6.92 Å². The van der Waals surface area contributed by atoms with Crippen molar-refractivity contribution in [2.75, 3.05) is 0 Å². The summed E-state index contributed by atoms with van der Waals surface area (Å²) in [7, 11) is 0. The van der Waals surface area contributed by atoms with Crippen LogP contribution < -0.4 is 5.32 Å². The van der Waals surface area contributed by atoms with Gasteiger partial charge in [-0.15, -0.1) is 0 Å². The number of benzene rings is 1. The number of hydrogen-bond donors (Lipinski definition) is 2. The predicted octanol–water partition coefficient (Wildman–Crippen LogP) is 1.21. The first-order valence-electron chi connectivity index (χ1n) is 5.42. The van der Waals surface area contributed by atoms with Crippen LogP contribution >= 0.6 is 0 Å². The number of aliphatic hydroxyl groups excluding tert-OH is 1. The van der Waals surface area contributed by atoms with E-state index in [0.29, 0.717) is 12.4 Å². The summed E-state index contributed by atoms with van der Waals surface area (Å²) in [6, 6.07) is 7.47. The van der Waals surface area contributed by atoms with Gasteiger partial charge in [0.1, 0.15) is 5.84 Å². The molecule has 17 heavy (non-hydrogen) atoms. The van der Waals surface area contributed by atoms with Crippen LogP contribution in [0.2, 0.25) is 0 Å². The number of aliphatic hydroxyl groups is 1. The second kappa shape index (κ2) is 4.55. The molecule has 0 radical (unpaired) electrons. The van der Waals surface area contributed by atoms with Gasteiger partial charge in [0, 0.05) is 0 Å². The molecule has 1 atom stereocenters. The molecule has 1 aromatic rings. The molecule has 0 bridgehead atoms. The van der Waals surface area contributed by atoms with Crippen molar-refractivity contribution in [3.63, 3.8) is 0 Å². The van der Waals surface area contributed by atoms with Gasteiger partial charge in [0.2, 0.25) is 6.35 Å². The highest BCUT2D eigenvalue weighted by molar-refractivity contribution is 5.97. The summed E-state index contributed by atoms with van der Waals surface area (Å²) in [5, 5.41) is 12.3. The van der Waals surface area contributed by atoms with E-state index in [1.807, 2.05) is 31.2 Å². The van der Waals surface area contributed by atoms with Crippen LogP contribution in [0.25, 0.3) is 0 Å². The average molecular weight is 233 g/mol.